The van der Waals surface area contributed by atoms with E-state index >= 15 is 0 Å². The third-order valence-electron chi connectivity index (χ3n) is 1.17. The maximum absolute atomic E-state index is 5.78. The van der Waals surface area contributed by atoms with Crippen LogP contribution in [0.25, 0.3) is 0 Å². The van der Waals surface area contributed by atoms with Crippen LogP contribution in [-0.4, -0.2) is 6.67 Å². The third-order valence-corrected chi connectivity index (χ3v) is 1.50. The maximum Gasteiger partial charge on any atom is 0.0637 e. The Kier molecular flexibility index (Phi) is 2.54. The molecule has 0 spiro atoms. The van der Waals surface area contributed by atoms with E-state index in [2.05, 4.69) is 5.32 Å². The fourth-order valence-electron chi connectivity index (χ4n) is 0.715. The van der Waals surface area contributed by atoms with Gasteiger partial charge in [0.2, 0.25) is 0 Å². The van der Waals surface area contributed by atoms with Crippen LogP contribution in [0, 0.1) is 0 Å². The van der Waals surface area contributed by atoms with Crippen LogP contribution in [0.4, 0.5) is 5.69 Å². The lowest BCUT2D eigenvalue weighted by atomic mass is 10.3. The minimum Gasteiger partial charge on any atom is -0.371 e. The molecular weight excluding hydrogens is 148 g/mol. The van der Waals surface area contributed by atoms with E-state index < -0.39 is 0 Å². The minimum absolute atomic E-state index is 0.406. The summed E-state index contributed by atoms with van der Waals surface area (Å²) in [6.45, 7) is 0.406. The number of hydrogen-bond acceptors (Lipinski definition) is 2. The van der Waals surface area contributed by atoms with Gasteiger partial charge in [0.25, 0.3) is 0 Å². The number of anilines is 1. The van der Waals surface area contributed by atoms with Gasteiger partial charge in [-0.2, -0.15) is 0 Å². The molecule has 0 saturated carbocycles. The lowest BCUT2D eigenvalue weighted by Gasteiger charge is -2.03. The maximum atomic E-state index is 5.78. The van der Waals surface area contributed by atoms with Gasteiger partial charge in [0.05, 0.1) is 17.4 Å². The highest BCUT2D eigenvalue weighted by Crippen LogP contribution is 2.19. The molecule has 0 aliphatic heterocycles. The molecule has 54 valence electrons. The van der Waals surface area contributed by atoms with E-state index in [-0.39, 0.29) is 0 Å². The van der Waals surface area contributed by atoms with Crippen molar-refractivity contribution in [3.63, 3.8) is 0 Å². The summed E-state index contributed by atoms with van der Waals surface area (Å²) in [6, 6.07) is 7.49. The second-order valence-corrected chi connectivity index (χ2v) is 2.27. The summed E-state index contributed by atoms with van der Waals surface area (Å²) in [5, 5.41) is 3.62. The fourth-order valence-corrected chi connectivity index (χ4v) is 0.917. The van der Waals surface area contributed by atoms with E-state index in [1.54, 1.807) is 0 Å². The van der Waals surface area contributed by atoms with E-state index in [9.17, 15) is 0 Å². The average Bonchev–Trinajstić information content (AvgIpc) is 1.94. The molecule has 0 bridgehead atoms. The standard InChI is InChI=1S/C7H9ClN2/c8-6-3-1-2-4-7(6)10-5-9/h1-4,10H,5,9H2. The zero-order chi connectivity index (χ0) is 7.40. The van der Waals surface area contributed by atoms with Crippen molar-refractivity contribution in [1.29, 1.82) is 0 Å². The number of rotatable bonds is 2. The molecule has 0 aliphatic rings. The highest BCUT2D eigenvalue weighted by atomic mass is 35.5. The number of nitrogens with one attached hydrogen (secondary N) is 1. The predicted molar refractivity (Wildman–Crippen MR) is 44.1 cm³/mol. The zero-order valence-corrected chi connectivity index (χ0v) is 6.23. The first-order chi connectivity index (χ1) is 4.84. The SMILES string of the molecule is NCNc1ccccc1Cl. The Morgan fingerprint density at radius 2 is 2.10 bits per heavy atom. The van der Waals surface area contributed by atoms with Gasteiger partial charge in [-0.25, -0.2) is 0 Å². The van der Waals surface area contributed by atoms with Gasteiger partial charge in [0, 0.05) is 0 Å². The molecule has 0 aromatic heterocycles. The third kappa shape index (κ3) is 1.62. The van der Waals surface area contributed by atoms with Crippen molar-refractivity contribution in [2.45, 2.75) is 0 Å². The Morgan fingerprint density at radius 3 is 2.70 bits per heavy atom. The first-order valence-corrected chi connectivity index (χ1v) is 3.41. The van der Waals surface area contributed by atoms with E-state index in [1.807, 2.05) is 24.3 Å². The average molecular weight is 157 g/mol. The summed E-state index contributed by atoms with van der Waals surface area (Å²) in [5.74, 6) is 0. The van der Waals surface area contributed by atoms with Crippen molar-refractivity contribution in [2.75, 3.05) is 12.0 Å². The van der Waals surface area contributed by atoms with Crippen LogP contribution in [-0.2, 0) is 0 Å². The van der Waals surface area contributed by atoms with Crippen LogP contribution < -0.4 is 11.1 Å². The first-order valence-electron chi connectivity index (χ1n) is 3.03. The molecule has 0 fully saturated rings. The molecule has 1 rings (SSSR count). The second-order valence-electron chi connectivity index (χ2n) is 1.86. The smallest absolute Gasteiger partial charge is 0.0637 e. The summed E-state index contributed by atoms with van der Waals surface area (Å²) in [7, 11) is 0. The first kappa shape index (κ1) is 7.38. The van der Waals surface area contributed by atoms with Crippen LogP contribution in [0.5, 0.6) is 0 Å². The van der Waals surface area contributed by atoms with Crippen LogP contribution in [0.2, 0.25) is 5.02 Å². The summed E-state index contributed by atoms with van der Waals surface area (Å²) >= 11 is 5.78. The van der Waals surface area contributed by atoms with Crippen LogP contribution in [0.3, 0.4) is 0 Å². The van der Waals surface area contributed by atoms with Gasteiger partial charge in [-0.3, -0.25) is 0 Å². The van der Waals surface area contributed by atoms with Gasteiger partial charge < -0.3 is 11.1 Å². The molecule has 10 heavy (non-hydrogen) atoms. The Balaban J connectivity index is 2.81. The molecule has 3 heteroatoms. The lowest BCUT2D eigenvalue weighted by Crippen LogP contribution is -2.10. The second kappa shape index (κ2) is 3.44. The number of para-hydroxylation sites is 1. The van der Waals surface area contributed by atoms with Gasteiger partial charge in [0.15, 0.2) is 0 Å². The van der Waals surface area contributed by atoms with Crippen molar-refractivity contribution in [3.8, 4) is 0 Å². The summed E-state index contributed by atoms with van der Waals surface area (Å²) in [5.41, 5.74) is 6.14. The zero-order valence-electron chi connectivity index (χ0n) is 5.47. The molecule has 0 heterocycles. The molecule has 0 saturated heterocycles. The minimum atomic E-state index is 0.406. The molecule has 0 amide bonds. The molecule has 0 aliphatic carbocycles. The van der Waals surface area contributed by atoms with Crippen LogP contribution in [0.15, 0.2) is 24.3 Å². The topological polar surface area (TPSA) is 38.0 Å². The monoisotopic (exact) mass is 156 g/mol. The number of nitrogens with two attached hydrogens (primary N) is 1. The van der Waals surface area contributed by atoms with Crippen molar-refractivity contribution >= 4 is 17.3 Å². The van der Waals surface area contributed by atoms with Gasteiger partial charge in [-0.15, -0.1) is 0 Å². The normalized spacial score (nSPS) is 9.40. The van der Waals surface area contributed by atoms with Crippen LogP contribution >= 0.6 is 11.6 Å². The Labute approximate surface area is 65.0 Å². The Hall–Kier alpha value is -0.730. The molecule has 0 radical (unpaired) electrons. The summed E-state index contributed by atoms with van der Waals surface area (Å²) < 4.78 is 0. The molecule has 1 aromatic rings. The van der Waals surface area contributed by atoms with Gasteiger partial charge in [-0.05, 0) is 12.1 Å². The lowest BCUT2D eigenvalue weighted by molar-refractivity contribution is 1.14. The highest BCUT2D eigenvalue weighted by molar-refractivity contribution is 6.33. The Bertz CT molecular complexity index is 213. The van der Waals surface area contributed by atoms with E-state index in [1.165, 1.54) is 0 Å². The van der Waals surface area contributed by atoms with Gasteiger partial charge >= 0.3 is 0 Å². The Morgan fingerprint density at radius 1 is 1.40 bits per heavy atom. The number of benzene rings is 1. The molecular formula is C7H9ClN2. The van der Waals surface area contributed by atoms with E-state index in [4.69, 9.17) is 17.3 Å². The summed E-state index contributed by atoms with van der Waals surface area (Å²) in [6.07, 6.45) is 0. The largest absolute Gasteiger partial charge is 0.371 e. The van der Waals surface area contributed by atoms with Crippen LogP contribution in [0.1, 0.15) is 0 Å². The van der Waals surface area contributed by atoms with Gasteiger partial charge in [-0.1, -0.05) is 23.7 Å². The van der Waals surface area contributed by atoms with E-state index in [0.29, 0.717) is 11.7 Å². The quantitative estimate of drug-likeness (QED) is 0.640. The van der Waals surface area contributed by atoms with Crippen molar-refractivity contribution in [1.82, 2.24) is 0 Å². The predicted octanol–water partition coefficient (Wildman–Crippen LogP) is 1.67. The van der Waals surface area contributed by atoms with Crippen molar-refractivity contribution in [2.24, 2.45) is 5.73 Å². The molecule has 2 nitrogen and oxygen atoms in total. The molecule has 3 N–H and O–H groups in total. The fraction of sp³-hybridized carbons (Fsp3) is 0.143. The van der Waals surface area contributed by atoms with E-state index in [0.717, 1.165) is 5.69 Å². The molecule has 1 aromatic carbocycles. The number of hydrogen-bond donors (Lipinski definition) is 2. The molecule has 0 unspecified atom stereocenters. The van der Waals surface area contributed by atoms with Crippen molar-refractivity contribution in [3.05, 3.63) is 29.3 Å². The summed E-state index contributed by atoms with van der Waals surface area (Å²) in [4.78, 5) is 0. The highest BCUT2D eigenvalue weighted by Gasteiger charge is 1.93. The van der Waals surface area contributed by atoms with Crippen molar-refractivity contribution < 1.29 is 0 Å². The molecule has 0 atom stereocenters. The van der Waals surface area contributed by atoms with Gasteiger partial charge in [0.1, 0.15) is 0 Å². The number of halogens is 1.